The van der Waals surface area contributed by atoms with Gasteiger partial charge >= 0.3 is 0 Å². The second kappa shape index (κ2) is 6.20. The Bertz CT molecular complexity index is 617. The van der Waals surface area contributed by atoms with Gasteiger partial charge in [-0.25, -0.2) is 8.78 Å². The zero-order valence-electron chi connectivity index (χ0n) is 10.9. The molecule has 2 nitrogen and oxygen atoms in total. The van der Waals surface area contributed by atoms with E-state index in [4.69, 9.17) is 22.1 Å². The summed E-state index contributed by atoms with van der Waals surface area (Å²) in [5, 5.41) is 0.313. The summed E-state index contributed by atoms with van der Waals surface area (Å²) in [6.07, 6.45) is 0. The van der Waals surface area contributed by atoms with Crippen LogP contribution >= 0.6 is 11.6 Å². The van der Waals surface area contributed by atoms with Crippen molar-refractivity contribution in [3.05, 3.63) is 64.2 Å². The molecule has 0 saturated carbocycles. The lowest BCUT2D eigenvalue weighted by atomic mass is 10.1. The van der Waals surface area contributed by atoms with Crippen LogP contribution in [0.3, 0.4) is 0 Å². The normalized spacial score (nSPS) is 12.2. The first kappa shape index (κ1) is 14.8. The summed E-state index contributed by atoms with van der Waals surface area (Å²) in [4.78, 5) is 0. The van der Waals surface area contributed by atoms with Crippen molar-refractivity contribution in [3.8, 4) is 5.75 Å². The molecule has 0 radical (unpaired) electrons. The summed E-state index contributed by atoms with van der Waals surface area (Å²) >= 11 is 5.67. The third-order valence-electron chi connectivity index (χ3n) is 2.86. The first-order valence-electron chi connectivity index (χ1n) is 6.09. The maximum atomic E-state index is 13.6. The molecule has 0 spiro atoms. The Balaban J connectivity index is 2.20. The molecule has 2 rings (SSSR count). The van der Waals surface area contributed by atoms with Crippen molar-refractivity contribution in [2.75, 3.05) is 0 Å². The summed E-state index contributed by atoms with van der Waals surface area (Å²) in [6, 6.07) is 8.12. The van der Waals surface area contributed by atoms with E-state index < -0.39 is 11.6 Å². The molecule has 2 N–H and O–H groups in total. The number of rotatable bonds is 4. The molecule has 2 aromatic rings. The topological polar surface area (TPSA) is 35.2 Å². The molecule has 1 atom stereocenters. The van der Waals surface area contributed by atoms with Crippen LogP contribution in [0.25, 0.3) is 0 Å². The maximum Gasteiger partial charge on any atom is 0.131 e. The van der Waals surface area contributed by atoms with Crippen LogP contribution in [0.4, 0.5) is 8.78 Å². The molecule has 106 valence electrons. The molecular weight excluding hydrogens is 284 g/mol. The van der Waals surface area contributed by atoms with Crippen molar-refractivity contribution in [3.63, 3.8) is 0 Å². The van der Waals surface area contributed by atoms with Crippen molar-refractivity contribution in [1.29, 1.82) is 0 Å². The van der Waals surface area contributed by atoms with Gasteiger partial charge in [-0.15, -0.1) is 0 Å². The summed E-state index contributed by atoms with van der Waals surface area (Å²) in [7, 11) is 0. The van der Waals surface area contributed by atoms with Gasteiger partial charge in [0.25, 0.3) is 0 Å². The van der Waals surface area contributed by atoms with Gasteiger partial charge in [-0.2, -0.15) is 0 Å². The molecule has 0 aromatic heterocycles. The number of hydrogen-bond acceptors (Lipinski definition) is 2. The Hall–Kier alpha value is -1.65. The van der Waals surface area contributed by atoms with Gasteiger partial charge in [-0.3, -0.25) is 0 Å². The van der Waals surface area contributed by atoms with Crippen molar-refractivity contribution in [1.82, 2.24) is 0 Å². The van der Waals surface area contributed by atoms with E-state index in [9.17, 15) is 8.78 Å². The molecule has 20 heavy (non-hydrogen) atoms. The molecule has 0 aliphatic rings. The molecule has 1 unspecified atom stereocenters. The highest BCUT2D eigenvalue weighted by molar-refractivity contribution is 6.30. The third kappa shape index (κ3) is 3.46. The van der Waals surface area contributed by atoms with Gasteiger partial charge in [0.2, 0.25) is 0 Å². The predicted octanol–water partition coefficient (Wildman–Crippen LogP) is 4.22. The molecule has 5 heteroatoms. The molecule has 0 heterocycles. The summed E-state index contributed by atoms with van der Waals surface area (Å²) in [5.74, 6) is -0.577. The van der Waals surface area contributed by atoms with Crippen molar-refractivity contribution < 1.29 is 13.5 Å². The van der Waals surface area contributed by atoms with E-state index in [-0.39, 0.29) is 12.6 Å². The van der Waals surface area contributed by atoms with E-state index in [1.54, 1.807) is 19.1 Å². The highest BCUT2D eigenvalue weighted by Gasteiger charge is 2.11. The molecule has 0 bridgehead atoms. The predicted molar refractivity (Wildman–Crippen MR) is 74.7 cm³/mol. The smallest absolute Gasteiger partial charge is 0.131 e. The quantitative estimate of drug-likeness (QED) is 0.917. The summed E-state index contributed by atoms with van der Waals surface area (Å²) in [5.41, 5.74) is 6.80. The van der Waals surface area contributed by atoms with Gasteiger partial charge in [0, 0.05) is 28.3 Å². The molecule has 0 fully saturated rings. The van der Waals surface area contributed by atoms with Crippen LogP contribution in [-0.2, 0) is 6.61 Å². The zero-order chi connectivity index (χ0) is 14.7. The standard InChI is InChI=1S/C15H14ClF2NO/c1-9(19)13-5-4-12(17)7-15(13)20-8-10-2-3-11(16)6-14(10)18/h2-7,9H,8,19H2,1H3. The Morgan fingerprint density at radius 1 is 1.20 bits per heavy atom. The lowest BCUT2D eigenvalue weighted by molar-refractivity contribution is 0.294. The highest BCUT2D eigenvalue weighted by Crippen LogP contribution is 2.26. The average Bonchev–Trinajstić information content (AvgIpc) is 2.37. The SMILES string of the molecule is CC(N)c1ccc(F)cc1OCc1ccc(Cl)cc1F. The molecular formula is C15H14ClF2NO. The number of halogens is 3. The van der Waals surface area contributed by atoms with E-state index in [0.717, 1.165) is 0 Å². The van der Waals surface area contributed by atoms with Crippen molar-refractivity contribution in [2.45, 2.75) is 19.6 Å². The summed E-state index contributed by atoms with van der Waals surface area (Å²) in [6.45, 7) is 1.75. The van der Waals surface area contributed by atoms with Gasteiger partial charge in [0.1, 0.15) is 24.0 Å². The fraction of sp³-hybridized carbons (Fsp3) is 0.200. The number of nitrogens with two attached hydrogens (primary N) is 1. The molecule has 0 saturated heterocycles. The lowest BCUT2D eigenvalue weighted by Crippen LogP contribution is -2.09. The van der Waals surface area contributed by atoms with Gasteiger partial charge in [-0.05, 0) is 25.1 Å². The van der Waals surface area contributed by atoms with Gasteiger partial charge in [0.15, 0.2) is 0 Å². The van der Waals surface area contributed by atoms with Crippen LogP contribution in [0, 0.1) is 11.6 Å². The van der Waals surface area contributed by atoms with E-state index in [1.165, 1.54) is 24.3 Å². The Morgan fingerprint density at radius 2 is 1.95 bits per heavy atom. The number of hydrogen-bond donors (Lipinski definition) is 1. The second-order valence-corrected chi connectivity index (χ2v) is 4.93. The van der Waals surface area contributed by atoms with Gasteiger partial charge in [0.05, 0.1) is 0 Å². The minimum Gasteiger partial charge on any atom is -0.488 e. The first-order chi connectivity index (χ1) is 9.47. The molecule has 0 aliphatic carbocycles. The van der Waals surface area contributed by atoms with Crippen LogP contribution in [0.2, 0.25) is 5.02 Å². The van der Waals surface area contributed by atoms with E-state index in [1.807, 2.05) is 0 Å². The minimum atomic E-state index is -0.462. The fourth-order valence-corrected chi connectivity index (χ4v) is 1.96. The molecule has 2 aromatic carbocycles. The first-order valence-corrected chi connectivity index (χ1v) is 6.47. The zero-order valence-corrected chi connectivity index (χ0v) is 11.6. The monoisotopic (exact) mass is 297 g/mol. The average molecular weight is 298 g/mol. The summed E-state index contributed by atoms with van der Waals surface area (Å²) < 4.78 is 32.4. The fourth-order valence-electron chi connectivity index (χ4n) is 1.80. The number of benzene rings is 2. The van der Waals surface area contributed by atoms with Crippen LogP contribution in [0.5, 0.6) is 5.75 Å². The Morgan fingerprint density at radius 3 is 2.60 bits per heavy atom. The lowest BCUT2D eigenvalue weighted by Gasteiger charge is -2.14. The van der Waals surface area contributed by atoms with Crippen LogP contribution in [0.15, 0.2) is 36.4 Å². The van der Waals surface area contributed by atoms with Gasteiger partial charge in [-0.1, -0.05) is 23.7 Å². The Labute approximate surface area is 121 Å². The third-order valence-corrected chi connectivity index (χ3v) is 3.10. The second-order valence-electron chi connectivity index (χ2n) is 4.50. The highest BCUT2D eigenvalue weighted by atomic mass is 35.5. The number of ether oxygens (including phenoxy) is 1. The minimum absolute atomic E-state index is 0.0217. The van der Waals surface area contributed by atoms with E-state index in [2.05, 4.69) is 0 Å². The molecule has 0 aliphatic heterocycles. The van der Waals surface area contributed by atoms with Crippen LogP contribution < -0.4 is 10.5 Å². The van der Waals surface area contributed by atoms with Crippen LogP contribution in [-0.4, -0.2) is 0 Å². The molecule has 0 amide bonds. The Kier molecular flexibility index (Phi) is 4.57. The maximum absolute atomic E-state index is 13.6. The van der Waals surface area contributed by atoms with Crippen LogP contribution in [0.1, 0.15) is 24.1 Å². The van der Waals surface area contributed by atoms with Crippen molar-refractivity contribution >= 4 is 11.6 Å². The van der Waals surface area contributed by atoms with E-state index in [0.29, 0.717) is 21.9 Å². The largest absolute Gasteiger partial charge is 0.488 e. The van der Waals surface area contributed by atoms with E-state index >= 15 is 0 Å². The van der Waals surface area contributed by atoms with Gasteiger partial charge < -0.3 is 10.5 Å². The van der Waals surface area contributed by atoms with Crippen molar-refractivity contribution in [2.24, 2.45) is 5.73 Å².